The molecule has 0 spiro atoms. The van der Waals surface area contributed by atoms with Crippen LogP contribution in [0, 0.1) is 13.8 Å². The third-order valence-electron chi connectivity index (χ3n) is 7.00. The number of carbonyl (C=O) groups is 1. The molecule has 1 unspecified atom stereocenters. The highest BCUT2D eigenvalue weighted by Gasteiger charge is 2.18. The lowest BCUT2D eigenvalue weighted by molar-refractivity contribution is 0.0949. The maximum Gasteiger partial charge on any atom is 0.251 e. The van der Waals surface area contributed by atoms with Crippen molar-refractivity contribution >= 4 is 28.4 Å². The number of nitrogens with zero attached hydrogens (tertiary/aromatic N) is 2. The Hall–Kier alpha value is -2.30. The molecule has 1 fully saturated rings. The number of aromatic nitrogens is 1. The Kier molecular flexibility index (Phi) is 7.22. The number of benzene rings is 2. The highest BCUT2D eigenvalue weighted by molar-refractivity contribution is 6.30. The summed E-state index contributed by atoms with van der Waals surface area (Å²) in [4.78, 5) is 15.3. The van der Waals surface area contributed by atoms with E-state index in [0.29, 0.717) is 6.04 Å². The summed E-state index contributed by atoms with van der Waals surface area (Å²) >= 11 is 6.04. The zero-order chi connectivity index (χ0) is 22.7. The second-order valence-corrected chi connectivity index (χ2v) is 9.58. The Bertz CT molecular complexity index is 1090. The summed E-state index contributed by atoms with van der Waals surface area (Å²) in [7, 11) is 0. The number of amides is 1. The summed E-state index contributed by atoms with van der Waals surface area (Å²) in [6.07, 6.45) is 4.93. The molecule has 5 heteroatoms. The van der Waals surface area contributed by atoms with Crippen LogP contribution in [-0.4, -0.2) is 41.1 Å². The van der Waals surface area contributed by atoms with E-state index in [0.717, 1.165) is 47.5 Å². The summed E-state index contributed by atoms with van der Waals surface area (Å²) < 4.78 is 2.31. The molecule has 1 aliphatic rings. The monoisotopic (exact) mass is 451 g/mol. The van der Waals surface area contributed by atoms with Crippen LogP contribution in [0.2, 0.25) is 5.02 Å². The van der Waals surface area contributed by atoms with Gasteiger partial charge in [0.15, 0.2) is 0 Å². The molecule has 4 rings (SSSR count). The van der Waals surface area contributed by atoms with Gasteiger partial charge in [0.2, 0.25) is 0 Å². The van der Waals surface area contributed by atoms with Crippen LogP contribution in [0.3, 0.4) is 0 Å². The van der Waals surface area contributed by atoms with E-state index in [1.807, 2.05) is 24.3 Å². The van der Waals surface area contributed by atoms with Crippen LogP contribution < -0.4 is 5.32 Å². The normalized spacial score (nSPS) is 17.1. The summed E-state index contributed by atoms with van der Waals surface area (Å²) in [6.45, 7) is 10.4. The zero-order valence-electron chi connectivity index (χ0n) is 19.5. The van der Waals surface area contributed by atoms with Gasteiger partial charge in [-0.2, -0.15) is 0 Å². The van der Waals surface area contributed by atoms with Gasteiger partial charge in [0.25, 0.3) is 5.91 Å². The molecule has 3 aromatic rings. The largest absolute Gasteiger partial charge is 0.352 e. The van der Waals surface area contributed by atoms with Crippen molar-refractivity contribution in [1.82, 2.24) is 14.8 Å². The van der Waals surface area contributed by atoms with Gasteiger partial charge in [-0.15, -0.1) is 0 Å². The van der Waals surface area contributed by atoms with E-state index >= 15 is 0 Å². The number of halogens is 1. The fourth-order valence-electron chi connectivity index (χ4n) is 4.84. The topological polar surface area (TPSA) is 37.3 Å². The van der Waals surface area contributed by atoms with E-state index in [1.54, 1.807) is 0 Å². The summed E-state index contributed by atoms with van der Waals surface area (Å²) in [5.41, 5.74) is 5.55. The van der Waals surface area contributed by atoms with Gasteiger partial charge in [-0.05, 0) is 88.0 Å². The fourth-order valence-corrected chi connectivity index (χ4v) is 4.97. The van der Waals surface area contributed by atoms with E-state index in [9.17, 15) is 4.79 Å². The van der Waals surface area contributed by atoms with Gasteiger partial charge < -0.3 is 14.8 Å². The van der Waals surface area contributed by atoms with Crippen LogP contribution in [0.5, 0.6) is 0 Å². The highest BCUT2D eigenvalue weighted by atomic mass is 35.5. The quantitative estimate of drug-likeness (QED) is 0.450. The highest BCUT2D eigenvalue weighted by Crippen LogP contribution is 2.27. The van der Waals surface area contributed by atoms with Crippen LogP contribution in [0.1, 0.15) is 59.8 Å². The molecular formula is C27H34ClN3O. The predicted molar refractivity (Wildman–Crippen MR) is 134 cm³/mol. The van der Waals surface area contributed by atoms with Gasteiger partial charge in [-0.1, -0.05) is 30.2 Å². The molecule has 0 radical (unpaired) electrons. The molecule has 0 saturated carbocycles. The molecule has 1 atom stereocenters. The molecule has 170 valence electrons. The van der Waals surface area contributed by atoms with Gasteiger partial charge in [-0.3, -0.25) is 4.79 Å². The first kappa shape index (κ1) is 22.9. The minimum atomic E-state index is 0.0149. The van der Waals surface area contributed by atoms with Crippen LogP contribution in [-0.2, 0) is 6.54 Å². The number of aryl methyl sites for hydroxylation is 1. The molecule has 1 saturated heterocycles. The molecule has 0 aliphatic carbocycles. The first-order chi connectivity index (χ1) is 15.4. The van der Waals surface area contributed by atoms with Crippen molar-refractivity contribution in [2.24, 2.45) is 0 Å². The second-order valence-electron chi connectivity index (χ2n) is 9.15. The number of likely N-dealkylation sites (tertiary alicyclic amines) is 1. The number of piperidine rings is 1. The van der Waals surface area contributed by atoms with Crippen molar-refractivity contribution in [3.05, 3.63) is 69.9 Å². The number of carbonyl (C=O) groups excluding carboxylic acids is 1. The molecule has 1 aliphatic heterocycles. The van der Waals surface area contributed by atoms with Crippen LogP contribution in [0.4, 0.5) is 0 Å². The number of nitrogens with one attached hydrogen (secondary N) is 1. The first-order valence-corrected chi connectivity index (χ1v) is 12.2. The summed E-state index contributed by atoms with van der Waals surface area (Å²) in [5.74, 6) is 0.0149. The standard InChI is InChI=1S/C27H34ClN3O/c1-19-7-4-5-15-30(19)16-6-14-29-27(32)23-10-13-26-25(17-23)20(2)21(3)31(26)18-22-8-11-24(28)12-9-22/h8-13,17,19H,4-7,14-16,18H2,1-3H3,(H,29,32). The third-order valence-corrected chi connectivity index (χ3v) is 7.26. The zero-order valence-corrected chi connectivity index (χ0v) is 20.2. The Morgan fingerprint density at radius 2 is 1.91 bits per heavy atom. The van der Waals surface area contributed by atoms with Gasteiger partial charge in [-0.25, -0.2) is 0 Å². The van der Waals surface area contributed by atoms with E-state index in [-0.39, 0.29) is 5.91 Å². The second kappa shape index (κ2) is 10.1. The third kappa shape index (κ3) is 5.02. The van der Waals surface area contributed by atoms with Crippen molar-refractivity contribution in [3.8, 4) is 0 Å². The lowest BCUT2D eigenvalue weighted by Gasteiger charge is -2.33. The SMILES string of the molecule is Cc1c(C)n(Cc2ccc(Cl)cc2)c2ccc(C(=O)NCCCN3CCCCC3C)cc12. The minimum absolute atomic E-state index is 0.0149. The van der Waals surface area contributed by atoms with Crippen molar-refractivity contribution in [2.75, 3.05) is 19.6 Å². The van der Waals surface area contributed by atoms with Crippen LogP contribution in [0.15, 0.2) is 42.5 Å². The summed E-state index contributed by atoms with van der Waals surface area (Å²) in [5, 5.41) is 5.01. The lowest BCUT2D eigenvalue weighted by Crippen LogP contribution is -2.39. The van der Waals surface area contributed by atoms with Gasteiger partial charge >= 0.3 is 0 Å². The maximum absolute atomic E-state index is 12.8. The van der Waals surface area contributed by atoms with Gasteiger partial charge in [0, 0.05) is 52.9 Å². The minimum Gasteiger partial charge on any atom is -0.352 e. The predicted octanol–water partition coefficient (Wildman–Crippen LogP) is 5.95. The number of rotatable bonds is 7. The van der Waals surface area contributed by atoms with Crippen molar-refractivity contribution < 1.29 is 4.79 Å². The molecule has 2 aromatic carbocycles. The van der Waals surface area contributed by atoms with E-state index < -0.39 is 0 Å². The average molecular weight is 452 g/mol. The fraction of sp³-hybridized carbons (Fsp3) is 0.444. The maximum atomic E-state index is 12.8. The molecule has 1 N–H and O–H groups in total. The Morgan fingerprint density at radius 1 is 1.12 bits per heavy atom. The molecule has 1 amide bonds. The van der Waals surface area contributed by atoms with Gasteiger partial charge in [0.05, 0.1) is 0 Å². The Labute approximate surface area is 196 Å². The Morgan fingerprint density at radius 3 is 2.66 bits per heavy atom. The number of fused-ring (bicyclic) bond motifs is 1. The molecule has 2 heterocycles. The Balaban J connectivity index is 1.42. The van der Waals surface area contributed by atoms with E-state index in [2.05, 4.69) is 53.8 Å². The number of hydrogen-bond acceptors (Lipinski definition) is 2. The smallest absolute Gasteiger partial charge is 0.251 e. The first-order valence-electron chi connectivity index (χ1n) is 11.8. The molecule has 32 heavy (non-hydrogen) atoms. The van der Waals surface area contributed by atoms with Gasteiger partial charge in [0.1, 0.15) is 0 Å². The molecular weight excluding hydrogens is 418 g/mol. The van der Waals surface area contributed by atoms with E-state index in [1.165, 1.54) is 42.6 Å². The average Bonchev–Trinajstić information content (AvgIpc) is 3.03. The van der Waals surface area contributed by atoms with Crippen molar-refractivity contribution in [3.63, 3.8) is 0 Å². The lowest BCUT2D eigenvalue weighted by atomic mass is 10.0. The molecule has 0 bridgehead atoms. The van der Waals surface area contributed by atoms with Crippen molar-refractivity contribution in [1.29, 1.82) is 0 Å². The molecule has 4 nitrogen and oxygen atoms in total. The van der Waals surface area contributed by atoms with Crippen LogP contribution >= 0.6 is 11.6 Å². The molecule has 1 aromatic heterocycles. The number of hydrogen-bond donors (Lipinski definition) is 1. The van der Waals surface area contributed by atoms with Crippen LogP contribution in [0.25, 0.3) is 10.9 Å². The summed E-state index contributed by atoms with van der Waals surface area (Å²) in [6, 6.07) is 14.7. The van der Waals surface area contributed by atoms with Crippen molar-refractivity contribution in [2.45, 2.75) is 59.0 Å². The van der Waals surface area contributed by atoms with E-state index in [4.69, 9.17) is 11.6 Å².